The SMILES string of the molecule is COC(=O)c1sccc1NC(=S)Nc1ccc(Cl)cc1C. The minimum absolute atomic E-state index is 0.391. The van der Waals surface area contributed by atoms with Crippen molar-refractivity contribution in [3.63, 3.8) is 0 Å². The minimum Gasteiger partial charge on any atom is -0.465 e. The summed E-state index contributed by atoms with van der Waals surface area (Å²) >= 11 is 12.5. The highest BCUT2D eigenvalue weighted by Gasteiger charge is 2.14. The van der Waals surface area contributed by atoms with Crippen LogP contribution in [0.3, 0.4) is 0 Å². The second kappa shape index (κ2) is 6.89. The Morgan fingerprint density at radius 1 is 1.29 bits per heavy atom. The standard InChI is InChI=1S/C14H13ClN2O2S2/c1-8-7-9(15)3-4-10(8)16-14(20)17-11-5-6-21-12(11)13(18)19-2/h3-7H,1-2H3,(H2,16,17,20). The number of methoxy groups -OCH3 is 1. The summed E-state index contributed by atoms with van der Waals surface area (Å²) in [6.07, 6.45) is 0. The van der Waals surface area contributed by atoms with Gasteiger partial charge in [0.05, 0.1) is 12.8 Å². The van der Waals surface area contributed by atoms with Crippen LogP contribution in [0.25, 0.3) is 0 Å². The zero-order valence-corrected chi connectivity index (χ0v) is 13.8. The first-order valence-corrected chi connectivity index (χ1v) is 7.68. The molecule has 7 heteroatoms. The fourth-order valence-electron chi connectivity index (χ4n) is 1.70. The summed E-state index contributed by atoms with van der Waals surface area (Å²) in [5.74, 6) is -0.391. The average Bonchev–Trinajstić information content (AvgIpc) is 2.89. The number of benzene rings is 1. The van der Waals surface area contributed by atoms with Crippen molar-refractivity contribution in [2.45, 2.75) is 6.92 Å². The highest BCUT2D eigenvalue weighted by molar-refractivity contribution is 7.80. The summed E-state index contributed by atoms with van der Waals surface area (Å²) in [6, 6.07) is 7.25. The van der Waals surface area contributed by atoms with E-state index >= 15 is 0 Å². The molecule has 0 aliphatic heterocycles. The Hall–Kier alpha value is -1.63. The summed E-state index contributed by atoms with van der Waals surface area (Å²) < 4.78 is 4.72. The predicted octanol–water partition coefficient (Wildman–Crippen LogP) is 4.31. The Morgan fingerprint density at radius 2 is 2.00 bits per heavy atom. The number of halogens is 1. The van der Waals surface area contributed by atoms with Crippen molar-refractivity contribution in [1.29, 1.82) is 0 Å². The van der Waals surface area contributed by atoms with Crippen molar-refractivity contribution in [1.82, 2.24) is 0 Å². The maximum atomic E-state index is 11.6. The molecule has 1 aromatic carbocycles. The number of thiocarbonyl (C=S) groups is 1. The molecule has 0 aliphatic rings. The van der Waals surface area contributed by atoms with Gasteiger partial charge in [-0.3, -0.25) is 0 Å². The van der Waals surface area contributed by atoms with Crippen LogP contribution >= 0.6 is 35.2 Å². The lowest BCUT2D eigenvalue weighted by Crippen LogP contribution is -2.20. The van der Waals surface area contributed by atoms with Crippen molar-refractivity contribution < 1.29 is 9.53 Å². The normalized spacial score (nSPS) is 10.0. The van der Waals surface area contributed by atoms with Gasteiger partial charge in [-0.05, 0) is 54.4 Å². The number of rotatable bonds is 3. The molecular formula is C14H13ClN2O2S2. The summed E-state index contributed by atoms with van der Waals surface area (Å²) in [6.45, 7) is 1.93. The summed E-state index contributed by atoms with van der Waals surface area (Å²) in [4.78, 5) is 12.1. The van der Waals surface area contributed by atoms with Crippen LogP contribution in [0.2, 0.25) is 5.02 Å². The number of anilines is 2. The number of carbonyl (C=O) groups excluding carboxylic acids is 1. The van der Waals surface area contributed by atoms with Gasteiger partial charge in [-0.15, -0.1) is 11.3 Å². The molecule has 1 aromatic heterocycles. The van der Waals surface area contributed by atoms with E-state index in [0.717, 1.165) is 11.3 Å². The van der Waals surface area contributed by atoms with Crippen molar-refractivity contribution in [2.24, 2.45) is 0 Å². The monoisotopic (exact) mass is 340 g/mol. The van der Waals surface area contributed by atoms with E-state index in [1.807, 2.05) is 19.1 Å². The Bertz CT molecular complexity index is 685. The second-order valence-corrected chi connectivity index (χ2v) is 5.95. The first kappa shape index (κ1) is 15.8. The van der Waals surface area contributed by atoms with Gasteiger partial charge in [-0.2, -0.15) is 0 Å². The number of hydrogen-bond donors (Lipinski definition) is 2. The molecule has 2 aromatic rings. The number of carbonyl (C=O) groups is 1. The first-order valence-electron chi connectivity index (χ1n) is 6.01. The number of thiophene rings is 1. The molecule has 0 saturated heterocycles. The fraction of sp³-hybridized carbons (Fsp3) is 0.143. The van der Waals surface area contributed by atoms with Gasteiger partial charge < -0.3 is 15.4 Å². The van der Waals surface area contributed by atoms with Crippen molar-refractivity contribution in [3.8, 4) is 0 Å². The largest absolute Gasteiger partial charge is 0.465 e. The Kier molecular flexibility index (Phi) is 5.17. The van der Waals surface area contributed by atoms with Crippen LogP contribution in [0.1, 0.15) is 15.2 Å². The zero-order chi connectivity index (χ0) is 15.4. The fourth-order valence-corrected chi connectivity index (χ4v) is 2.91. The van der Waals surface area contributed by atoms with Gasteiger partial charge >= 0.3 is 5.97 Å². The van der Waals surface area contributed by atoms with Gasteiger partial charge in [-0.1, -0.05) is 11.6 Å². The quantitative estimate of drug-likeness (QED) is 0.644. The van der Waals surface area contributed by atoms with Crippen LogP contribution in [-0.2, 0) is 4.74 Å². The molecule has 110 valence electrons. The molecule has 0 unspecified atom stereocenters. The molecule has 0 radical (unpaired) electrons. The van der Waals surface area contributed by atoms with Gasteiger partial charge in [-0.25, -0.2) is 4.79 Å². The zero-order valence-electron chi connectivity index (χ0n) is 11.4. The third-order valence-corrected chi connectivity index (χ3v) is 4.05. The number of esters is 1. The van der Waals surface area contributed by atoms with Crippen LogP contribution in [0, 0.1) is 6.92 Å². The van der Waals surface area contributed by atoms with Gasteiger partial charge in [0.15, 0.2) is 5.11 Å². The molecule has 0 aliphatic carbocycles. The Balaban J connectivity index is 2.09. The lowest BCUT2D eigenvalue weighted by atomic mass is 10.2. The maximum Gasteiger partial charge on any atom is 0.350 e. The van der Waals surface area contributed by atoms with Gasteiger partial charge in [0, 0.05) is 10.7 Å². The maximum absolute atomic E-state index is 11.6. The van der Waals surface area contributed by atoms with E-state index in [0.29, 0.717) is 20.7 Å². The van der Waals surface area contributed by atoms with Crippen molar-refractivity contribution in [2.75, 3.05) is 17.7 Å². The molecule has 2 N–H and O–H groups in total. The molecule has 0 amide bonds. The van der Waals surface area contributed by atoms with Crippen LogP contribution in [0.5, 0.6) is 0 Å². The molecule has 4 nitrogen and oxygen atoms in total. The molecule has 1 heterocycles. The number of aryl methyl sites for hydroxylation is 1. The topological polar surface area (TPSA) is 50.4 Å². The van der Waals surface area contributed by atoms with Crippen LogP contribution in [-0.4, -0.2) is 18.2 Å². The van der Waals surface area contributed by atoms with Gasteiger partial charge in [0.2, 0.25) is 0 Å². The summed E-state index contributed by atoms with van der Waals surface area (Å²) in [5.41, 5.74) is 2.45. The van der Waals surface area contributed by atoms with E-state index in [9.17, 15) is 4.79 Å². The second-order valence-electron chi connectivity index (χ2n) is 4.19. The van der Waals surface area contributed by atoms with Gasteiger partial charge in [0.25, 0.3) is 0 Å². The molecule has 21 heavy (non-hydrogen) atoms. The van der Waals surface area contributed by atoms with Gasteiger partial charge in [0.1, 0.15) is 4.88 Å². The molecule has 0 atom stereocenters. The Labute approximate surface area is 137 Å². The van der Waals surface area contributed by atoms with Crippen LogP contribution in [0.15, 0.2) is 29.6 Å². The molecule has 0 spiro atoms. The lowest BCUT2D eigenvalue weighted by Gasteiger charge is -2.12. The van der Waals surface area contributed by atoms with Crippen molar-refractivity contribution >= 4 is 57.6 Å². The van der Waals surface area contributed by atoms with Crippen molar-refractivity contribution in [3.05, 3.63) is 45.1 Å². The van der Waals surface area contributed by atoms with E-state index in [4.69, 9.17) is 28.6 Å². The third-order valence-electron chi connectivity index (χ3n) is 2.72. The number of hydrogen-bond acceptors (Lipinski definition) is 4. The summed E-state index contributed by atoms with van der Waals surface area (Å²) in [5, 5.41) is 8.93. The third kappa shape index (κ3) is 3.93. The van der Waals surface area contributed by atoms with E-state index in [-0.39, 0.29) is 0 Å². The molecule has 2 rings (SSSR count). The van der Waals surface area contributed by atoms with E-state index in [1.165, 1.54) is 18.4 Å². The number of nitrogens with one attached hydrogen (secondary N) is 2. The first-order chi connectivity index (χ1) is 10.0. The summed E-state index contributed by atoms with van der Waals surface area (Å²) in [7, 11) is 1.35. The lowest BCUT2D eigenvalue weighted by molar-refractivity contribution is 0.0607. The average molecular weight is 341 g/mol. The molecule has 0 fully saturated rings. The molecule has 0 bridgehead atoms. The molecular weight excluding hydrogens is 328 g/mol. The highest BCUT2D eigenvalue weighted by atomic mass is 35.5. The predicted molar refractivity (Wildman–Crippen MR) is 91.7 cm³/mol. The van der Waals surface area contributed by atoms with E-state index < -0.39 is 5.97 Å². The van der Waals surface area contributed by atoms with E-state index in [1.54, 1.807) is 17.5 Å². The van der Waals surface area contributed by atoms with Crippen LogP contribution < -0.4 is 10.6 Å². The van der Waals surface area contributed by atoms with E-state index in [2.05, 4.69) is 10.6 Å². The van der Waals surface area contributed by atoms with Crippen LogP contribution in [0.4, 0.5) is 11.4 Å². The highest BCUT2D eigenvalue weighted by Crippen LogP contribution is 2.24. The smallest absolute Gasteiger partial charge is 0.350 e. The molecule has 0 saturated carbocycles. The Morgan fingerprint density at radius 3 is 2.67 bits per heavy atom. The minimum atomic E-state index is -0.391. The number of ether oxygens (including phenoxy) is 1.